The molecule has 5 heteroatoms. The van der Waals surface area contributed by atoms with Crippen molar-refractivity contribution in [2.75, 3.05) is 14.7 Å². The lowest BCUT2D eigenvalue weighted by Crippen LogP contribution is -2.13. The topological polar surface area (TPSA) is 36.0 Å². The van der Waals surface area contributed by atoms with Crippen molar-refractivity contribution in [2.24, 2.45) is 0 Å². The largest absolute Gasteiger partial charge is 0.456 e. The number of nitrogens with zero attached hydrogens (tertiary/aromatic N) is 3. The monoisotopic (exact) mass is 916 g/mol. The van der Waals surface area contributed by atoms with Crippen LogP contribution in [0.2, 0.25) is 0 Å². The summed E-state index contributed by atoms with van der Waals surface area (Å²) < 4.78 is 55.3. The standard InChI is InChI=1S/C66H45N3O2/c1-6-18-46(19-7-1)47-30-33-54(34-31-47)68(52-24-12-4-13-25-52)58-41-49(40-57(43-58)67(50-20-8-2-9-21-50)51-22-10-3-11-23-51)48-32-38-64-61(42-48)60-37-35-56(45-66(60)71-64)69(53-26-14-5-15-27-53)55-36-39-65-62(44-55)59-28-16-17-29-63(59)70-65/h1-45H/i1D,6D,7D,18D,19D. The lowest BCUT2D eigenvalue weighted by atomic mass is 9.99. The molecule has 0 bridgehead atoms. The van der Waals surface area contributed by atoms with Crippen molar-refractivity contribution in [3.8, 4) is 22.3 Å². The van der Waals surface area contributed by atoms with Gasteiger partial charge in [-0.15, -0.1) is 0 Å². The zero-order valence-electron chi connectivity index (χ0n) is 43.3. The van der Waals surface area contributed by atoms with Crippen LogP contribution in [-0.4, -0.2) is 0 Å². The Morgan fingerprint density at radius 1 is 0.239 bits per heavy atom. The highest BCUT2D eigenvalue weighted by molar-refractivity contribution is 6.09. The van der Waals surface area contributed by atoms with E-state index in [2.05, 4.69) is 148 Å². The first-order chi connectivity index (χ1) is 37.3. The Morgan fingerprint density at radius 3 is 1.27 bits per heavy atom. The lowest BCUT2D eigenvalue weighted by molar-refractivity contribution is 0.668. The van der Waals surface area contributed by atoms with Crippen molar-refractivity contribution in [3.63, 3.8) is 0 Å². The fourth-order valence-electron chi connectivity index (χ4n) is 9.78. The summed E-state index contributed by atoms with van der Waals surface area (Å²) in [5.74, 6) is 0. The van der Waals surface area contributed by atoms with Crippen LogP contribution in [0.15, 0.2) is 282 Å². The van der Waals surface area contributed by atoms with Crippen molar-refractivity contribution in [3.05, 3.63) is 273 Å². The molecule has 336 valence electrons. The molecule has 13 aromatic rings. The molecule has 0 aliphatic carbocycles. The summed E-state index contributed by atoms with van der Waals surface area (Å²) in [5, 5.41) is 4.08. The van der Waals surface area contributed by atoms with Crippen LogP contribution in [-0.2, 0) is 0 Å². The van der Waals surface area contributed by atoms with Crippen molar-refractivity contribution in [1.29, 1.82) is 0 Å². The summed E-state index contributed by atoms with van der Waals surface area (Å²) in [6.07, 6.45) is 0. The zero-order valence-corrected chi connectivity index (χ0v) is 38.3. The Hall–Kier alpha value is -9.58. The Morgan fingerprint density at radius 2 is 0.662 bits per heavy atom. The third-order valence-corrected chi connectivity index (χ3v) is 13.1. The molecule has 0 spiro atoms. The van der Waals surface area contributed by atoms with Crippen molar-refractivity contribution >= 4 is 95.1 Å². The predicted molar refractivity (Wildman–Crippen MR) is 296 cm³/mol. The average Bonchev–Trinajstić information content (AvgIpc) is 4.11. The normalized spacial score (nSPS) is 12.4. The summed E-state index contributed by atoms with van der Waals surface area (Å²) in [5.41, 5.74) is 14.3. The lowest BCUT2D eigenvalue weighted by Gasteiger charge is -2.30. The van der Waals surface area contributed by atoms with Crippen LogP contribution < -0.4 is 14.7 Å². The first-order valence-corrected chi connectivity index (χ1v) is 23.6. The number of fused-ring (bicyclic) bond motifs is 6. The Balaban J connectivity index is 0.963. The number of furan rings is 2. The van der Waals surface area contributed by atoms with Gasteiger partial charge in [-0.3, -0.25) is 0 Å². The van der Waals surface area contributed by atoms with Gasteiger partial charge in [-0.25, -0.2) is 0 Å². The van der Waals surface area contributed by atoms with Gasteiger partial charge in [0, 0.05) is 78.8 Å². The van der Waals surface area contributed by atoms with E-state index in [1.54, 1.807) is 0 Å². The number of hydrogen-bond donors (Lipinski definition) is 0. The van der Waals surface area contributed by atoms with Gasteiger partial charge in [0.1, 0.15) is 22.3 Å². The zero-order chi connectivity index (χ0) is 51.4. The van der Waals surface area contributed by atoms with Gasteiger partial charge < -0.3 is 23.5 Å². The van der Waals surface area contributed by atoms with Gasteiger partial charge in [0.05, 0.1) is 6.85 Å². The van der Waals surface area contributed by atoms with E-state index < -0.39 is 6.04 Å². The Kier molecular flexibility index (Phi) is 9.15. The summed E-state index contributed by atoms with van der Waals surface area (Å²) in [6.45, 7) is 0. The fourth-order valence-corrected chi connectivity index (χ4v) is 9.78. The molecule has 0 saturated carbocycles. The van der Waals surface area contributed by atoms with Gasteiger partial charge in [0.25, 0.3) is 0 Å². The Bertz CT molecular complexity index is 4230. The molecule has 0 radical (unpaired) electrons. The van der Waals surface area contributed by atoms with E-state index in [9.17, 15) is 0 Å². The second kappa shape index (κ2) is 17.8. The van der Waals surface area contributed by atoms with Crippen LogP contribution in [0.25, 0.3) is 66.1 Å². The van der Waals surface area contributed by atoms with Crippen molar-refractivity contribution in [1.82, 2.24) is 0 Å². The number of para-hydroxylation sites is 5. The molecule has 0 amide bonds. The smallest absolute Gasteiger partial charge is 0.137 e. The van der Waals surface area contributed by atoms with Gasteiger partial charge in [-0.1, -0.05) is 139 Å². The molecule has 2 heterocycles. The maximum atomic E-state index is 8.71. The third-order valence-electron chi connectivity index (χ3n) is 13.1. The number of anilines is 9. The van der Waals surface area contributed by atoms with Gasteiger partial charge in [0.15, 0.2) is 0 Å². The van der Waals surface area contributed by atoms with Crippen LogP contribution in [0.4, 0.5) is 51.2 Å². The highest BCUT2D eigenvalue weighted by Crippen LogP contribution is 2.46. The van der Waals surface area contributed by atoms with E-state index in [4.69, 9.17) is 15.7 Å². The molecule has 71 heavy (non-hydrogen) atoms. The molecule has 0 aliphatic heterocycles. The van der Waals surface area contributed by atoms with E-state index in [0.29, 0.717) is 5.56 Å². The van der Waals surface area contributed by atoms with Crippen LogP contribution in [0.1, 0.15) is 6.85 Å². The first-order valence-electron chi connectivity index (χ1n) is 26.1. The highest BCUT2D eigenvalue weighted by atomic mass is 16.3. The Labute approximate surface area is 419 Å². The molecule has 2 aromatic heterocycles. The highest BCUT2D eigenvalue weighted by Gasteiger charge is 2.22. The average molecular weight is 917 g/mol. The number of benzene rings is 11. The first kappa shape index (κ1) is 36.5. The minimum atomic E-state index is -0.421. The molecule has 5 nitrogen and oxygen atoms in total. The van der Waals surface area contributed by atoms with E-state index in [-0.39, 0.29) is 29.7 Å². The number of hydrogen-bond acceptors (Lipinski definition) is 5. The molecule has 0 fully saturated rings. The van der Waals surface area contributed by atoms with Gasteiger partial charge >= 0.3 is 0 Å². The summed E-state index contributed by atoms with van der Waals surface area (Å²) in [4.78, 5) is 6.70. The molecule has 0 saturated heterocycles. The molecule has 0 aliphatic rings. The molecular formula is C66H45N3O2. The fraction of sp³-hybridized carbons (Fsp3) is 0. The summed E-state index contributed by atoms with van der Waals surface area (Å²) >= 11 is 0. The minimum absolute atomic E-state index is 0.155. The molecule has 13 rings (SSSR count). The molecule has 0 unspecified atom stereocenters. The molecular weight excluding hydrogens is 867 g/mol. The van der Waals surface area contributed by atoms with Crippen LogP contribution in [0, 0.1) is 0 Å². The molecule has 0 N–H and O–H groups in total. The quantitative estimate of drug-likeness (QED) is 0.129. The van der Waals surface area contributed by atoms with Crippen LogP contribution in [0.3, 0.4) is 0 Å². The van der Waals surface area contributed by atoms with Gasteiger partial charge in [-0.2, -0.15) is 0 Å². The van der Waals surface area contributed by atoms with Crippen molar-refractivity contribution in [2.45, 2.75) is 0 Å². The van der Waals surface area contributed by atoms with Crippen LogP contribution in [0.5, 0.6) is 0 Å². The molecule has 11 aromatic carbocycles. The van der Waals surface area contributed by atoms with E-state index in [1.165, 1.54) is 0 Å². The van der Waals surface area contributed by atoms with Crippen LogP contribution >= 0.6 is 0 Å². The minimum Gasteiger partial charge on any atom is -0.456 e. The van der Waals surface area contributed by atoms with Crippen molar-refractivity contribution < 1.29 is 15.7 Å². The SMILES string of the molecule is [2H]c1c([2H])c([2H])c(-c2ccc(N(c3ccccc3)c3cc(-c4ccc5oc6cc(N(c7ccccc7)c7ccc8oc9ccccc9c8c7)ccc6c5c4)cc(N(c4ccccc4)c4ccccc4)c3)cc2)c([2H])c1[2H]. The maximum absolute atomic E-state index is 8.71. The van der Waals surface area contributed by atoms with E-state index >= 15 is 0 Å². The third kappa shape index (κ3) is 7.82. The number of rotatable bonds is 11. The van der Waals surface area contributed by atoms with Gasteiger partial charge in [-0.05, 0) is 150 Å². The summed E-state index contributed by atoms with van der Waals surface area (Å²) in [7, 11) is 0. The molecule has 0 atom stereocenters. The van der Waals surface area contributed by atoms with Gasteiger partial charge in [0.2, 0.25) is 0 Å². The van der Waals surface area contributed by atoms with E-state index in [1.807, 2.05) is 109 Å². The summed E-state index contributed by atoms with van der Waals surface area (Å²) in [6, 6.07) is 81.0. The predicted octanol–water partition coefficient (Wildman–Crippen LogP) is 19.2. The van der Waals surface area contributed by atoms with E-state index in [0.717, 1.165) is 106 Å². The second-order valence-corrected chi connectivity index (χ2v) is 17.4. The maximum Gasteiger partial charge on any atom is 0.137 e. The second-order valence-electron chi connectivity index (χ2n) is 17.4.